The first-order valence-corrected chi connectivity index (χ1v) is 6.05. The molecule has 3 nitrogen and oxygen atoms in total. The molecule has 2 unspecified atom stereocenters. The van der Waals surface area contributed by atoms with Gasteiger partial charge in [-0.3, -0.25) is 4.79 Å². The molecule has 0 N–H and O–H groups in total. The number of carbonyl (C=O) groups is 1. The molecule has 1 aromatic carbocycles. The van der Waals surface area contributed by atoms with Gasteiger partial charge in [0.05, 0.1) is 10.6 Å². The zero-order chi connectivity index (χ0) is 12.8. The molecule has 0 fully saturated rings. The van der Waals surface area contributed by atoms with E-state index in [-0.39, 0.29) is 5.82 Å². The van der Waals surface area contributed by atoms with Crippen LogP contribution in [0.5, 0.6) is 0 Å². The molecule has 0 amide bonds. The van der Waals surface area contributed by atoms with Crippen LogP contribution in [0.2, 0.25) is 0 Å². The maximum absolute atomic E-state index is 13.3. The van der Waals surface area contributed by atoms with Gasteiger partial charge in [-0.15, -0.1) is 0 Å². The third kappa shape index (κ3) is 4.18. The van der Waals surface area contributed by atoms with Crippen LogP contribution in [0, 0.1) is 5.82 Å². The fraction of sp³-hybridized carbons (Fsp3) is 0.417. The standard InChI is InChI=1S/C12H14BrFO3/c1-3-16-12(7-15)17-8(2)9-4-5-10(13)11(14)6-9/h4-8,12H,3H2,1-2H3. The molecule has 1 aromatic rings. The van der Waals surface area contributed by atoms with Crippen LogP contribution in [-0.2, 0) is 14.3 Å². The molecule has 1 rings (SSSR count). The summed E-state index contributed by atoms with van der Waals surface area (Å²) in [5.74, 6) is -0.364. The molecule has 0 aromatic heterocycles. The zero-order valence-corrected chi connectivity index (χ0v) is 11.2. The minimum atomic E-state index is -0.915. The number of benzene rings is 1. The van der Waals surface area contributed by atoms with Crippen molar-refractivity contribution < 1.29 is 18.7 Å². The van der Waals surface area contributed by atoms with Crippen LogP contribution < -0.4 is 0 Å². The van der Waals surface area contributed by atoms with Crippen LogP contribution in [0.4, 0.5) is 4.39 Å². The van der Waals surface area contributed by atoms with E-state index in [9.17, 15) is 9.18 Å². The molecule has 0 aliphatic heterocycles. The fourth-order valence-corrected chi connectivity index (χ4v) is 1.57. The maximum Gasteiger partial charge on any atom is 0.215 e. The van der Waals surface area contributed by atoms with Crippen LogP contribution in [0.1, 0.15) is 25.5 Å². The van der Waals surface area contributed by atoms with Crippen molar-refractivity contribution in [3.05, 3.63) is 34.1 Å². The third-order valence-electron chi connectivity index (χ3n) is 2.19. The Balaban J connectivity index is 2.71. The smallest absolute Gasteiger partial charge is 0.215 e. The molecule has 17 heavy (non-hydrogen) atoms. The summed E-state index contributed by atoms with van der Waals surface area (Å²) >= 11 is 3.07. The first-order valence-electron chi connectivity index (χ1n) is 5.25. The van der Waals surface area contributed by atoms with Crippen LogP contribution in [0.25, 0.3) is 0 Å². The van der Waals surface area contributed by atoms with E-state index in [1.54, 1.807) is 26.0 Å². The van der Waals surface area contributed by atoms with Crippen molar-refractivity contribution in [3.8, 4) is 0 Å². The lowest BCUT2D eigenvalue weighted by Gasteiger charge is -2.18. The van der Waals surface area contributed by atoms with Gasteiger partial charge in [0.15, 0.2) is 6.29 Å². The van der Waals surface area contributed by atoms with Crippen molar-refractivity contribution in [1.82, 2.24) is 0 Å². The van der Waals surface area contributed by atoms with Crippen molar-refractivity contribution in [3.63, 3.8) is 0 Å². The molecule has 94 valence electrons. The molecule has 5 heteroatoms. The van der Waals surface area contributed by atoms with E-state index in [1.165, 1.54) is 6.07 Å². The average molecular weight is 305 g/mol. The van der Waals surface area contributed by atoms with Gasteiger partial charge >= 0.3 is 0 Å². The number of halogens is 2. The highest BCUT2D eigenvalue weighted by Crippen LogP contribution is 2.23. The second-order valence-corrected chi connectivity index (χ2v) is 4.27. The number of ether oxygens (including phenoxy) is 2. The Morgan fingerprint density at radius 2 is 2.24 bits per heavy atom. The molecule has 0 saturated heterocycles. The number of rotatable bonds is 6. The van der Waals surface area contributed by atoms with E-state index in [4.69, 9.17) is 9.47 Å². The summed E-state index contributed by atoms with van der Waals surface area (Å²) in [6.45, 7) is 3.88. The summed E-state index contributed by atoms with van der Waals surface area (Å²) in [7, 11) is 0. The molecule has 0 saturated carbocycles. The zero-order valence-electron chi connectivity index (χ0n) is 9.65. The topological polar surface area (TPSA) is 35.5 Å². The number of hydrogen-bond acceptors (Lipinski definition) is 3. The van der Waals surface area contributed by atoms with Crippen molar-refractivity contribution in [2.75, 3.05) is 6.61 Å². The maximum atomic E-state index is 13.3. The lowest BCUT2D eigenvalue weighted by Crippen LogP contribution is -2.20. The molecule has 0 bridgehead atoms. The number of hydrogen-bond donors (Lipinski definition) is 0. The predicted molar refractivity (Wildman–Crippen MR) is 65.1 cm³/mol. The van der Waals surface area contributed by atoms with E-state index in [1.807, 2.05) is 0 Å². The molecule has 0 radical (unpaired) electrons. The molecule has 0 heterocycles. The second-order valence-electron chi connectivity index (χ2n) is 3.41. The van der Waals surface area contributed by atoms with Gasteiger partial charge in [-0.2, -0.15) is 0 Å². The summed E-state index contributed by atoms with van der Waals surface area (Å²) in [4.78, 5) is 10.7. The van der Waals surface area contributed by atoms with Crippen LogP contribution in [0.15, 0.2) is 22.7 Å². The first kappa shape index (κ1) is 14.3. The van der Waals surface area contributed by atoms with E-state index in [0.717, 1.165) is 0 Å². The predicted octanol–water partition coefficient (Wildman–Crippen LogP) is 3.23. The highest BCUT2D eigenvalue weighted by Gasteiger charge is 2.15. The minimum absolute atomic E-state index is 0.364. The van der Waals surface area contributed by atoms with Gasteiger partial charge in [0.25, 0.3) is 0 Å². The Labute approximate surface area is 108 Å². The summed E-state index contributed by atoms with van der Waals surface area (Å²) in [5, 5.41) is 0. The van der Waals surface area contributed by atoms with Crippen LogP contribution in [-0.4, -0.2) is 19.2 Å². The van der Waals surface area contributed by atoms with Gasteiger partial charge in [-0.1, -0.05) is 6.07 Å². The molecule has 0 aliphatic rings. The summed E-state index contributed by atoms with van der Waals surface area (Å²) < 4.78 is 24.1. The number of carbonyl (C=O) groups excluding carboxylic acids is 1. The van der Waals surface area contributed by atoms with Gasteiger partial charge in [0, 0.05) is 6.61 Å². The Morgan fingerprint density at radius 1 is 1.53 bits per heavy atom. The number of aldehydes is 1. The van der Waals surface area contributed by atoms with Gasteiger partial charge in [-0.05, 0) is 47.5 Å². The van der Waals surface area contributed by atoms with Crippen molar-refractivity contribution in [2.24, 2.45) is 0 Å². The van der Waals surface area contributed by atoms with Crippen LogP contribution >= 0.6 is 15.9 Å². The summed E-state index contributed by atoms with van der Waals surface area (Å²) in [5.41, 5.74) is 0.650. The summed E-state index contributed by atoms with van der Waals surface area (Å²) in [6.07, 6.45) is -0.754. The first-order chi connectivity index (χ1) is 8.08. The summed E-state index contributed by atoms with van der Waals surface area (Å²) in [6, 6.07) is 4.69. The Hall–Kier alpha value is -0.780. The van der Waals surface area contributed by atoms with Gasteiger partial charge in [0.1, 0.15) is 5.82 Å². The van der Waals surface area contributed by atoms with Crippen molar-refractivity contribution in [1.29, 1.82) is 0 Å². The molecule has 0 spiro atoms. The van der Waals surface area contributed by atoms with E-state index in [2.05, 4.69) is 15.9 Å². The second kappa shape index (κ2) is 6.83. The molecular formula is C12H14BrFO3. The lowest BCUT2D eigenvalue weighted by molar-refractivity contribution is -0.170. The largest absolute Gasteiger partial charge is 0.347 e. The highest BCUT2D eigenvalue weighted by atomic mass is 79.9. The molecule has 2 atom stereocenters. The van der Waals surface area contributed by atoms with Crippen molar-refractivity contribution in [2.45, 2.75) is 26.2 Å². The molecular weight excluding hydrogens is 291 g/mol. The third-order valence-corrected chi connectivity index (χ3v) is 2.84. The van der Waals surface area contributed by atoms with Crippen LogP contribution in [0.3, 0.4) is 0 Å². The Morgan fingerprint density at radius 3 is 2.76 bits per heavy atom. The highest BCUT2D eigenvalue weighted by molar-refractivity contribution is 9.10. The van der Waals surface area contributed by atoms with Gasteiger partial charge in [0.2, 0.25) is 6.29 Å². The fourth-order valence-electron chi connectivity index (χ4n) is 1.32. The van der Waals surface area contributed by atoms with Crippen molar-refractivity contribution >= 4 is 22.2 Å². The van der Waals surface area contributed by atoms with Gasteiger partial charge in [-0.25, -0.2) is 4.39 Å². The Bertz CT molecular complexity index is 384. The van der Waals surface area contributed by atoms with E-state index in [0.29, 0.717) is 22.9 Å². The quantitative estimate of drug-likeness (QED) is 0.598. The van der Waals surface area contributed by atoms with E-state index >= 15 is 0 Å². The Kier molecular flexibility index (Phi) is 5.74. The lowest BCUT2D eigenvalue weighted by atomic mass is 10.1. The average Bonchev–Trinajstić information content (AvgIpc) is 2.31. The van der Waals surface area contributed by atoms with E-state index < -0.39 is 12.4 Å². The normalized spacial score (nSPS) is 14.4. The monoisotopic (exact) mass is 304 g/mol. The minimum Gasteiger partial charge on any atom is -0.347 e. The van der Waals surface area contributed by atoms with Gasteiger partial charge < -0.3 is 9.47 Å². The SMILES string of the molecule is CCOC(C=O)OC(C)c1ccc(Br)c(F)c1. The molecule has 0 aliphatic carbocycles.